The molecule has 1 fully saturated rings. The standard InChI is InChI=1S/C59H100O12S/c1-3-5-7-9-11-13-15-17-19-21-23-25-27-28-30-32-34-36-38-40-42-44-46-48-55(61)69-53(52-68-59-57(63)58(71-72(64,65)66)56(62)54(50-60)70-59)51-67-49-47-45-43-41-39-37-35-33-31-29-26-24-22-20-18-16-14-12-10-8-6-4-2/h5,7,11,13,16-19,22-25,28-31,53-54,56-60,62-63H,3-4,6,8-10,12,14-15,20-21,26-27,32-52H2,1-2H3,(H,64,65,66)/b7-5-,13-11-,18-16-,19-17-,24-22-,25-23-,30-28-,31-29-. The van der Waals surface area contributed by atoms with E-state index in [1.807, 2.05) is 0 Å². The SMILES string of the molecule is CC/C=C\C/C=C\C/C=C\C/C=C\C/C=C\CCCCCCCCCC(=O)OC(COCCCCCCCCC/C=C\C/C=C\C/C=C\CCCCCCC)COC1OC(CO)C(O)C(OS(=O)(=O)O)C1O. The van der Waals surface area contributed by atoms with Gasteiger partial charge in [0.15, 0.2) is 6.29 Å². The van der Waals surface area contributed by atoms with Crippen LogP contribution in [0.1, 0.15) is 206 Å². The highest BCUT2D eigenvalue weighted by atomic mass is 32.3. The summed E-state index contributed by atoms with van der Waals surface area (Å²) < 4.78 is 59.4. The van der Waals surface area contributed by atoms with Crippen LogP contribution in [0.15, 0.2) is 97.2 Å². The maximum atomic E-state index is 13.0. The molecule has 1 heterocycles. The molecular weight excluding hydrogens is 933 g/mol. The van der Waals surface area contributed by atoms with Gasteiger partial charge in [-0.3, -0.25) is 9.35 Å². The van der Waals surface area contributed by atoms with Crippen LogP contribution in [0.5, 0.6) is 0 Å². The van der Waals surface area contributed by atoms with Gasteiger partial charge in [0.25, 0.3) is 0 Å². The van der Waals surface area contributed by atoms with E-state index in [1.54, 1.807) is 0 Å². The van der Waals surface area contributed by atoms with E-state index in [1.165, 1.54) is 64.2 Å². The average Bonchev–Trinajstić information content (AvgIpc) is 3.36. The van der Waals surface area contributed by atoms with Gasteiger partial charge in [0.05, 0.1) is 19.8 Å². The van der Waals surface area contributed by atoms with E-state index < -0.39 is 59.8 Å². The van der Waals surface area contributed by atoms with Crippen molar-refractivity contribution in [3.05, 3.63) is 97.2 Å². The molecule has 0 aliphatic carbocycles. The number of aliphatic hydroxyl groups excluding tert-OH is 3. The lowest BCUT2D eigenvalue weighted by atomic mass is 9.99. The molecule has 0 aromatic rings. The molecule has 0 bridgehead atoms. The zero-order chi connectivity index (χ0) is 52.4. The van der Waals surface area contributed by atoms with Crippen LogP contribution in [0, 0.1) is 0 Å². The van der Waals surface area contributed by atoms with E-state index >= 15 is 0 Å². The Morgan fingerprint density at radius 3 is 1.40 bits per heavy atom. The highest BCUT2D eigenvalue weighted by Gasteiger charge is 2.48. The summed E-state index contributed by atoms with van der Waals surface area (Å²) >= 11 is 0. The van der Waals surface area contributed by atoms with E-state index in [2.05, 4.69) is 115 Å². The first-order valence-electron chi connectivity index (χ1n) is 28.0. The Labute approximate surface area is 437 Å². The Morgan fingerprint density at radius 2 is 0.958 bits per heavy atom. The fourth-order valence-corrected chi connectivity index (χ4v) is 8.51. The van der Waals surface area contributed by atoms with Crippen molar-refractivity contribution in [3.63, 3.8) is 0 Å². The van der Waals surface area contributed by atoms with Crippen molar-refractivity contribution in [1.29, 1.82) is 0 Å². The smallest absolute Gasteiger partial charge is 0.397 e. The molecule has 12 nitrogen and oxygen atoms in total. The molecule has 72 heavy (non-hydrogen) atoms. The summed E-state index contributed by atoms with van der Waals surface area (Å²) in [6.07, 6.45) is 58.6. The largest absolute Gasteiger partial charge is 0.457 e. The van der Waals surface area contributed by atoms with Gasteiger partial charge in [-0.05, 0) is 96.3 Å². The molecule has 4 N–H and O–H groups in total. The second kappa shape index (κ2) is 48.9. The number of carbonyl (C=O) groups is 1. The van der Waals surface area contributed by atoms with Gasteiger partial charge in [0, 0.05) is 13.0 Å². The number of esters is 1. The van der Waals surface area contributed by atoms with Crippen molar-refractivity contribution >= 4 is 16.4 Å². The molecule has 1 saturated heterocycles. The van der Waals surface area contributed by atoms with Crippen LogP contribution in [0.2, 0.25) is 0 Å². The van der Waals surface area contributed by atoms with Crippen LogP contribution in [0.4, 0.5) is 0 Å². The molecule has 6 atom stereocenters. The van der Waals surface area contributed by atoms with Gasteiger partial charge >= 0.3 is 16.4 Å². The second-order valence-electron chi connectivity index (χ2n) is 18.8. The maximum Gasteiger partial charge on any atom is 0.397 e. The molecule has 13 heteroatoms. The number of ether oxygens (including phenoxy) is 4. The van der Waals surface area contributed by atoms with Crippen molar-refractivity contribution in [2.45, 2.75) is 243 Å². The number of aliphatic hydroxyl groups is 3. The lowest BCUT2D eigenvalue weighted by Gasteiger charge is -2.41. The van der Waals surface area contributed by atoms with Gasteiger partial charge in [0.2, 0.25) is 0 Å². The minimum Gasteiger partial charge on any atom is -0.457 e. The number of rotatable bonds is 48. The summed E-state index contributed by atoms with van der Waals surface area (Å²) in [5.41, 5.74) is 0. The number of hydrogen-bond donors (Lipinski definition) is 4. The van der Waals surface area contributed by atoms with Crippen LogP contribution >= 0.6 is 0 Å². The van der Waals surface area contributed by atoms with Crippen LogP contribution < -0.4 is 0 Å². The van der Waals surface area contributed by atoms with E-state index in [9.17, 15) is 33.1 Å². The number of allylic oxidation sites excluding steroid dienone is 16. The minimum atomic E-state index is -5.08. The Morgan fingerprint density at radius 1 is 0.542 bits per heavy atom. The molecule has 6 unspecified atom stereocenters. The lowest BCUT2D eigenvalue weighted by Crippen LogP contribution is -2.60. The lowest BCUT2D eigenvalue weighted by molar-refractivity contribution is -0.301. The van der Waals surface area contributed by atoms with Crippen LogP contribution in [0.3, 0.4) is 0 Å². The van der Waals surface area contributed by atoms with Gasteiger partial charge in [-0.2, -0.15) is 8.42 Å². The van der Waals surface area contributed by atoms with Crippen molar-refractivity contribution in [3.8, 4) is 0 Å². The van der Waals surface area contributed by atoms with Gasteiger partial charge < -0.3 is 34.3 Å². The molecule has 0 aromatic heterocycles. The second-order valence-corrected chi connectivity index (χ2v) is 19.8. The third kappa shape index (κ3) is 41.4. The predicted molar refractivity (Wildman–Crippen MR) is 294 cm³/mol. The summed E-state index contributed by atoms with van der Waals surface area (Å²) in [6, 6.07) is 0. The topological polar surface area (TPSA) is 178 Å². The molecule has 0 saturated carbocycles. The van der Waals surface area contributed by atoms with Crippen LogP contribution in [0.25, 0.3) is 0 Å². The number of hydrogen-bond acceptors (Lipinski definition) is 11. The Kier molecular flexibility index (Phi) is 45.6. The van der Waals surface area contributed by atoms with Gasteiger partial charge in [-0.25, -0.2) is 4.18 Å². The Bertz CT molecular complexity index is 1620. The average molecular weight is 1030 g/mol. The summed E-state index contributed by atoms with van der Waals surface area (Å²) in [5, 5.41) is 30.8. The Hall–Kier alpha value is -2.98. The molecule has 1 rings (SSSR count). The van der Waals surface area contributed by atoms with Crippen LogP contribution in [-0.4, -0.2) is 97.5 Å². The third-order valence-corrected chi connectivity index (χ3v) is 12.7. The minimum absolute atomic E-state index is 0.0186. The Balaban J connectivity index is 2.35. The molecule has 1 aliphatic heterocycles. The van der Waals surface area contributed by atoms with Crippen molar-refractivity contribution < 1.29 is 56.2 Å². The highest BCUT2D eigenvalue weighted by molar-refractivity contribution is 7.80. The van der Waals surface area contributed by atoms with E-state index in [4.69, 9.17) is 18.9 Å². The molecule has 0 amide bonds. The number of carbonyl (C=O) groups excluding carboxylic acids is 1. The summed E-state index contributed by atoms with van der Waals surface area (Å²) in [4.78, 5) is 13.0. The predicted octanol–water partition coefficient (Wildman–Crippen LogP) is 13.8. The van der Waals surface area contributed by atoms with E-state index in [0.717, 1.165) is 116 Å². The molecule has 414 valence electrons. The summed E-state index contributed by atoms with van der Waals surface area (Å²) in [6.45, 7) is 3.83. The van der Waals surface area contributed by atoms with E-state index in [0.29, 0.717) is 13.0 Å². The van der Waals surface area contributed by atoms with Gasteiger partial charge in [-0.15, -0.1) is 0 Å². The van der Waals surface area contributed by atoms with Gasteiger partial charge in [0.1, 0.15) is 30.5 Å². The zero-order valence-electron chi connectivity index (χ0n) is 44.7. The summed E-state index contributed by atoms with van der Waals surface area (Å²) in [5.74, 6) is -0.417. The van der Waals surface area contributed by atoms with Crippen molar-refractivity contribution in [1.82, 2.24) is 0 Å². The molecule has 0 aromatic carbocycles. The summed E-state index contributed by atoms with van der Waals surface area (Å²) in [7, 11) is -5.08. The highest BCUT2D eigenvalue weighted by Crippen LogP contribution is 2.26. The van der Waals surface area contributed by atoms with Crippen molar-refractivity contribution in [2.24, 2.45) is 0 Å². The first-order valence-corrected chi connectivity index (χ1v) is 29.4. The zero-order valence-corrected chi connectivity index (χ0v) is 45.5. The number of unbranched alkanes of at least 4 members (excludes halogenated alkanes) is 19. The molecule has 0 spiro atoms. The molecular formula is C59H100O12S. The first kappa shape index (κ1) is 67.0. The quantitative estimate of drug-likeness (QED) is 0.0196. The maximum absolute atomic E-state index is 13.0. The monoisotopic (exact) mass is 1030 g/mol. The van der Waals surface area contributed by atoms with E-state index in [-0.39, 0.29) is 19.6 Å². The fourth-order valence-electron chi connectivity index (χ4n) is 8.00. The third-order valence-electron chi connectivity index (χ3n) is 12.2. The van der Waals surface area contributed by atoms with Crippen LogP contribution in [-0.2, 0) is 38.3 Å². The molecule has 0 radical (unpaired) electrons. The van der Waals surface area contributed by atoms with Crippen molar-refractivity contribution in [2.75, 3.05) is 26.4 Å². The molecule has 1 aliphatic rings. The van der Waals surface area contributed by atoms with Gasteiger partial charge in [-0.1, -0.05) is 201 Å². The normalized spacial score (nSPS) is 19.7. The first-order chi connectivity index (χ1) is 35.1. The fraction of sp³-hybridized carbons (Fsp3) is 0.712.